The lowest BCUT2D eigenvalue weighted by Crippen LogP contribution is -2.36. The Balaban J connectivity index is 1.68. The molecular weight excluding hydrogens is 529 g/mol. The fourth-order valence-corrected chi connectivity index (χ4v) is 4.86. The van der Waals surface area contributed by atoms with Crippen LogP contribution in [0, 0.1) is 22.9 Å². The van der Waals surface area contributed by atoms with Gasteiger partial charge in [0, 0.05) is 35.1 Å². The number of Topliss-reactive ketones (excluding diaryl/α,β-unsaturated/α-hetero) is 2. The molecule has 4 rings (SSSR count). The molecule has 0 amide bonds. The van der Waals surface area contributed by atoms with Crippen molar-refractivity contribution in [3.05, 3.63) is 93.2 Å². The topological polar surface area (TPSA) is 61.1 Å². The van der Waals surface area contributed by atoms with Crippen LogP contribution in [0.2, 0.25) is 5.02 Å². The number of ketones is 2. The first kappa shape index (κ1) is 27.7. The number of pyridine rings is 1. The summed E-state index contributed by atoms with van der Waals surface area (Å²) < 4.78 is 68.5. The summed E-state index contributed by atoms with van der Waals surface area (Å²) in [5.74, 6) is -4.04. The van der Waals surface area contributed by atoms with E-state index in [0.717, 1.165) is 18.3 Å². The summed E-state index contributed by atoms with van der Waals surface area (Å²) in [6, 6.07) is 10.8. The zero-order valence-corrected chi connectivity index (χ0v) is 20.9. The maximum absolute atomic E-state index is 14.7. The molecule has 0 saturated heterocycles. The van der Waals surface area contributed by atoms with Gasteiger partial charge in [0.15, 0.2) is 17.8 Å². The highest BCUT2D eigenvalue weighted by Crippen LogP contribution is 2.48. The highest BCUT2D eigenvalue weighted by Gasteiger charge is 2.47. The van der Waals surface area contributed by atoms with E-state index in [0.29, 0.717) is 15.9 Å². The zero-order chi connectivity index (χ0) is 27.7. The summed E-state index contributed by atoms with van der Waals surface area (Å²) in [4.78, 5) is 24.9. The molecule has 3 aromatic rings. The van der Waals surface area contributed by atoms with Gasteiger partial charge in [0.2, 0.25) is 12.1 Å². The summed E-state index contributed by atoms with van der Waals surface area (Å²) in [6.07, 6.45) is -4.59. The number of carbonyl (C=O) groups is 2. The Bertz CT molecular complexity index is 1360. The SMILES string of the molecule is CC(=O)c1ccc(CC(=O)C(CC2CC2C(F)F)c2ccc(-c3c(C(F)F)ccc(Cl)c3F)c[n+]2[O-])cc1. The molecule has 1 aliphatic rings. The minimum atomic E-state index is -3.04. The normalized spacial score (nSPS) is 17.6. The predicted octanol–water partition coefficient (Wildman–Crippen LogP) is 7.11. The molecule has 0 N–H and O–H groups in total. The Kier molecular flexibility index (Phi) is 8.16. The first-order valence-electron chi connectivity index (χ1n) is 11.9. The smallest absolute Gasteiger partial charge is 0.264 e. The van der Waals surface area contributed by atoms with Crippen LogP contribution >= 0.6 is 11.6 Å². The van der Waals surface area contributed by atoms with Crippen molar-refractivity contribution in [2.75, 3.05) is 0 Å². The zero-order valence-electron chi connectivity index (χ0n) is 20.1. The van der Waals surface area contributed by atoms with Gasteiger partial charge >= 0.3 is 0 Å². The number of hydrogen-bond acceptors (Lipinski definition) is 3. The Morgan fingerprint density at radius 3 is 2.29 bits per heavy atom. The average molecular weight is 552 g/mol. The maximum atomic E-state index is 14.7. The average Bonchev–Trinajstić information content (AvgIpc) is 3.64. The Hall–Kier alpha value is -3.33. The molecule has 3 unspecified atom stereocenters. The molecular formula is C28H23ClF5NO3. The van der Waals surface area contributed by atoms with Crippen molar-refractivity contribution in [1.29, 1.82) is 0 Å². The van der Waals surface area contributed by atoms with Crippen LogP contribution in [0.5, 0.6) is 0 Å². The molecule has 3 atom stereocenters. The van der Waals surface area contributed by atoms with Crippen molar-refractivity contribution in [3.63, 3.8) is 0 Å². The van der Waals surface area contributed by atoms with Crippen LogP contribution in [0.1, 0.15) is 59.3 Å². The molecule has 4 nitrogen and oxygen atoms in total. The summed E-state index contributed by atoms with van der Waals surface area (Å²) in [7, 11) is 0. The van der Waals surface area contributed by atoms with Crippen LogP contribution in [0.25, 0.3) is 11.1 Å². The van der Waals surface area contributed by atoms with Crippen molar-refractivity contribution >= 4 is 23.2 Å². The first-order chi connectivity index (χ1) is 18.0. The molecule has 0 bridgehead atoms. The van der Waals surface area contributed by atoms with E-state index in [9.17, 15) is 36.7 Å². The number of aromatic nitrogens is 1. The Morgan fingerprint density at radius 1 is 1.05 bits per heavy atom. The molecule has 1 heterocycles. The Labute approximate surface area is 220 Å². The van der Waals surface area contributed by atoms with Crippen molar-refractivity contribution in [1.82, 2.24) is 0 Å². The number of rotatable bonds is 10. The molecule has 1 aromatic heterocycles. The minimum Gasteiger partial charge on any atom is -0.618 e. The number of halogens is 6. The molecule has 38 heavy (non-hydrogen) atoms. The maximum Gasteiger partial charge on any atom is 0.264 e. The monoisotopic (exact) mass is 551 g/mol. The molecule has 0 radical (unpaired) electrons. The van der Waals surface area contributed by atoms with Crippen molar-refractivity contribution in [2.24, 2.45) is 11.8 Å². The number of carbonyl (C=O) groups excluding carboxylic acids is 2. The van der Waals surface area contributed by atoms with Gasteiger partial charge in [-0.15, -0.1) is 0 Å². The van der Waals surface area contributed by atoms with Gasteiger partial charge in [-0.25, -0.2) is 22.0 Å². The number of hydrogen-bond donors (Lipinski definition) is 0. The minimum absolute atomic E-state index is 0.00870. The van der Waals surface area contributed by atoms with Crippen LogP contribution in [0.4, 0.5) is 22.0 Å². The van der Waals surface area contributed by atoms with Crippen molar-refractivity contribution in [3.8, 4) is 11.1 Å². The van der Waals surface area contributed by atoms with Gasteiger partial charge in [0.05, 0.1) is 10.6 Å². The van der Waals surface area contributed by atoms with Gasteiger partial charge < -0.3 is 5.21 Å². The van der Waals surface area contributed by atoms with Crippen LogP contribution in [-0.4, -0.2) is 18.0 Å². The molecule has 200 valence electrons. The second-order valence-corrected chi connectivity index (χ2v) is 9.88. The molecule has 10 heteroatoms. The summed E-state index contributed by atoms with van der Waals surface area (Å²) >= 11 is 5.78. The molecule has 2 aromatic carbocycles. The highest BCUT2D eigenvalue weighted by molar-refractivity contribution is 6.31. The van der Waals surface area contributed by atoms with Crippen LogP contribution < -0.4 is 4.73 Å². The Morgan fingerprint density at radius 2 is 1.74 bits per heavy atom. The lowest BCUT2D eigenvalue weighted by atomic mass is 9.88. The lowest BCUT2D eigenvalue weighted by Gasteiger charge is -2.17. The van der Waals surface area contributed by atoms with Gasteiger partial charge in [-0.1, -0.05) is 41.9 Å². The van der Waals surface area contributed by atoms with E-state index in [-0.39, 0.29) is 36.3 Å². The van der Waals surface area contributed by atoms with E-state index < -0.39 is 58.4 Å². The first-order valence-corrected chi connectivity index (χ1v) is 12.3. The molecule has 0 spiro atoms. The van der Waals surface area contributed by atoms with Crippen LogP contribution in [0.15, 0.2) is 54.7 Å². The number of nitrogens with zero attached hydrogens (tertiary/aromatic N) is 1. The molecule has 1 aliphatic carbocycles. The van der Waals surface area contributed by atoms with Crippen LogP contribution in [-0.2, 0) is 11.2 Å². The van der Waals surface area contributed by atoms with Gasteiger partial charge in [0.25, 0.3) is 6.43 Å². The quantitative estimate of drug-likeness (QED) is 0.117. The second-order valence-electron chi connectivity index (χ2n) is 9.47. The van der Waals surface area contributed by atoms with E-state index in [4.69, 9.17) is 11.6 Å². The van der Waals surface area contributed by atoms with E-state index >= 15 is 0 Å². The van der Waals surface area contributed by atoms with Gasteiger partial charge in [-0.3, -0.25) is 9.59 Å². The molecule has 0 aliphatic heterocycles. The van der Waals surface area contributed by atoms with Crippen LogP contribution in [0.3, 0.4) is 0 Å². The third-order valence-electron chi connectivity index (χ3n) is 6.92. The van der Waals surface area contributed by atoms with E-state index in [1.165, 1.54) is 19.1 Å². The van der Waals surface area contributed by atoms with Gasteiger partial charge in [-0.2, -0.15) is 4.73 Å². The fraction of sp³-hybridized carbons (Fsp3) is 0.321. The van der Waals surface area contributed by atoms with Crippen molar-refractivity contribution in [2.45, 2.75) is 45.0 Å². The van der Waals surface area contributed by atoms with E-state index in [1.54, 1.807) is 24.3 Å². The van der Waals surface area contributed by atoms with E-state index in [2.05, 4.69) is 0 Å². The van der Waals surface area contributed by atoms with Gasteiger partial charge in [-0.05, 0) is 43.4 Å². The fourth-order valence-electron chi connectivity index (χ4n) is 4.70. The largest absolute Gasteiger partial charge is 0.618 e. The number of benzene rings is 2. The summed E-state index contributed by atoms with van der Waals surface area (Å²) in [5, 5.41) is 12.7. The summed E-state index contributed by atoms with van der Waals surface area (Å²) in [6.45, 7) is 1.40. The second kappa shape index (κ2) is 11.2. The van der Waals surface area contributed by atoms with Gasteiger partial charge in [0.1, 0.15) is 11.7 Å². The highest BCUT2D eigenvalue weighted by atomic mass is 35.5. The van der Waals surface area contributed by atoms with E-state index in [1.807, 2.05) is 0 Å². The van der Waals surface area contributed by atoms with Crippen molar-refractivity contribution < 1.29 is 36.3 Å². The number of alkyl halides is 4. The standard InChI is InChI=1S/C28H23ClF5NO3/c1-14(36)16-4-2-15(3-5-16)10-24(37)21(12-18-11-20(18)28(33)34)23-9-6-17(13-35(23)38)25-19(27(31)32)7-8-22(29)26(25)30/h2-9,13,18,20-21,27-28H,10-12H2,1H3. The third kappa shape index (κ3) is 5.88. The summed E-state index contributed by atoms with van der Waals surface area (Å²) in [5.41, 5.74) is -0.374. The lowest BCUT2D eigenvalue weighted by molar-refractivity contribution is -0.614. The molecule has 1 fully saturated rings. The predicted molar refractivity (Wildman–Crippen MR) is 131 cm³/mol. The third-order valence-corrected chi connectivity index (χ3v) is 7.21. The molecule has 1 saturated carbocycles.